The van der Waals surface area contributed by atoms with Crippen LogP contribution in [0.1, 0.15) is 11.1 Å². The molecule has 0 saturated carbocycles. The zero-order valence-corrected chi connectivity index (χ0v) is 12.1. The van der Waals surface area contributed by atoms with E-state index in [9.17, 15) is 8.42 Å². The van der Waals surface area contributed by atoms with Crippen LogP contribution in [0.4, 0.5) is 5.82 Å². The maximum Gasteiger partial charge on any atom is 0.263 e. The van der Waals surface area contributed by atoms with Crippen LogP contribution in [0.25, 0.3) is 0 Å². The molecule has 0 atom stereocenters. The molecule has 0 spiro atoms. The van der Waals surface area contributed by atoms with Crippen molar-refractivity contribution in [2.45, 2.75) is 18.7 Å². The zero-order valence-electron chi connectivity index (χ0n) is 10.5. The van der Waals surface area contributed by atoms with Gasteiger partial charge in [0, 0.05) is 17.3 Å². The number of hydrogen-bond donors (Lipinski definition) is 1. The van der Waals surface area contributed by atoms with E-state index in [1.54, 1.807) is 18.2 Å². The molecule has 0 amide bonds. The molecule has 1 aromatic carbocycles. The molecule has 0 saturated heterocycles. The molecular formula is C13H13ClN2O2S. The van der Waals surface area contributed by atoms with Gasteiger partial charge in [0.15, 0.2) is 0 Å². The lowest BCUT2D eigenvalue weighted by Gasteiger charge is -2.09. The molecule has 0 aliphatic carbocycles. The van der Waals surface area contributed by atoms with Crippen molar-refractivity contribution in [2.24, 2.45) is 0 Å². The third-order valence-electron chi connectivity index (χ3n) is 2.47. The fraction of sp³-hybridized carbons (Fsp3) is 0.154. The van der Waals surface area contributed by atoms with Crippen molar-refractivity contribution in [1.82, 2.24) is 4.98 Å². The summed E-state index contributed by atoms with van der Waals surface area (Å²) < 4.78 is 26.9. The number of aromatic nitrogens is 1. The van der Waals surface area contributed by atoms with Crippen LogP contribution in [0.15, 0.2) is 41.4 Å². The highest BCUT2D eigenvalue weighted by Crippen LogP contribution is 2.19. The van der Waals surface area contributed by atoms with Gasteiger partial charge in [-0.05, 0) is 43.2 Å². The lowest BCUT2D eigenvalue weighted by Crippen LogP contribution is -2.14. The van der Waals surface area contributed by atoms with E-state index < -0.39 is 10.0 Å². The van der Waals surface area contributed by atoms with Crippen molar-refractivity contribution in [1.29, 1.82) is 0 Å². The largest absolute Gasteiger partial charge is 0.263 e. The van der Waals surface area contributed by atoms with Gasteiger partial charge in [0.2, 0.25) is 0 Å². The van der Waals surface area contributed by atoms with E-state index in [0.717, 1.165) is 11.1 Å². The first kappa shape index (κ1) is 13.8. The SMILES string of the molecule is Cc1cc(C)cc(S(=O)(=O)Nc2cc(Cl)ccn2)c1. The molecule has 0 radical (unpaired) electrons. The van der Waals surface area contributed by atoms with Gasteiger partial charge in [0.25, 0.3) is 10.0 Å². The van der Waals surface area contributed by atoms with Gasteiger partial charge in [-0.25, -0.2) is 13.4 Å². The van der Waals surface area contributed by atoms with Gasteiger partial charge in [-0.3, -0.25) is 4.72 Å². The first-order chi connectivity index (χ1) is 8.87. The predicted molar refractivity (Wildman–Crippen MR) is 76.0 cm³/mol. The average molecular weight is 297 g/mol. The Morgan fingerprint density at radius 1 is 1.11 bits per heavy atom. The minimum Gasteiger partial charge on any atom is -0.263 e. The standard InChI is InChI=1S/C13H13ClN2O2S/c1-9-5-10(2)7-12(6-9)19(17,18)16-13-8-11(14)3-4-15-13/h3-8H,1-2H3,(H,15,16). The maximum absolute atomic E-state index is 12.2. The van der Waals surface area contributed by atoms with Crippen LogP contribution in [0.5, 0.6) is 0 Å². The third kappa shape index (κ3) is 3.45. The number of nitrogens with one attached hydrogen (secondary N) is 1. The summed E-state index contributed by atoms with van der Waals surface area (Å²) >= 11 is 5.80. The molecule has 1 aromatic heterocycles. The van der Waals surface area contributed by atoms with E-state index in [1.807, 2.05) is 19.9 Å². The van der Waals surface area contributed by atoms with Gasteiger partial charge in [0.1, 0.15) is 5.82 Å². The second kappa shape index (κ2) is 5.19. The molecule has 4 nitrogen and oxygen atoms in total. The van der Waals surface area contributed by atoms with Gasteiger partial charge in [-0.2, -0.15) is 0 Å². The summed E-state index contributed by atoms with van der Waals surface area (Å²) in [6.07, 6.45) is 1.45. The normalized spacial score (nSPS) is 11.3. The summed E-state index contributed by atoms with van der Waals surface area (Å²) in [6, 6.07) is 8.17. The van der Waals surface area contributed by atoms with Crippen molar-refractivity contribution in [2.75, 3.05) is 4.72 Å². The van der Waals surface area contributed by atoms with Crippen molar-refractivity contribution < 1.29 is 8.42 Å². The molecule has 1 heterocycles. The van der Waals surface area contributed by atoms with Gasteiger partial charge in [0.05, 0.1) is 4.90 Å². The molecule has 100 valence electrons. The fourth-order valence-corrected chi connectivity index (χ4v) is 3.09. The van der Waals surface area contributed by atoms with Crippen molar-refractivity contribution in [3.8, 4) is 0 Å². The second-order valence-corrected chi connectivity index (χ2v) is 6.41. The number of pyridine rings is 1. The summed E-state index contributed by atoms with van der Waals surface area (Å²) in [7, 11) is -3.65. The summed E-state index contributed by atoms with van der Waals surface area (Å²) in [5, 5.41) is 0.424. The van der Waals surface area contributed by atoms with E-state index in [-0.39, 0.29) is 10.7 Å². The topological polar surface area (TPSA) is 59.1 Å². The molecule has 1 N–H and O–H groups in total. The molecule has 0 aliphatic rings. The number of sulfonamides is 1. The quantitative estimate of drug-likeness (QED) is 0.946. The number of halogens is 1. The minimum atomic E-state index is -3.65. The lowest BCUT2D eigenvalue weighted by molar-refractivity contribution is 0.601. The van der Waals surface area contributed by atoms with Crippen LogP contribution in [-0.2, 0) is 10.0 Å². The summed E-state index contributed by atoms with van der Waals surface area (Å²) in [4.78, 5) is 4.14. The maximum atomic E-state index is 12.2. The van der Waals surface area contributed by atoms with Crippen molar-refractivity contribution >= 4 is 27.4 Å². The molecular weight excluding hydrogens is 284 g/mol. The monoisotopic (exact) mass is 296 g/mol. The average Bonchev–Trinajstić information content (AvgIpc) is 2.26. The predicted octanol–water partition coefficient (Wildman–Crippen LogP) is 3.15. The number of benzene rings is 1. The summed E-state index contributed by atoms with van der Waals surface area (Å²) in [6.45, 7) is 3.70. The first-order valence-electron chi connectivity index (χ1n) is 5.59. The molecule has 2 aromatic rings. The smallest absolute Gasteiger partial charge is 0.263 e. The van der Waals surface area contributed by atoms with Crippen LogP contribution < -0.4 is 4.72 Å². The van der Waals surface area contributed by atoms with Crippen LogP contribution in [0.2, 0.25) is 5.02 Å². The third-order valence-corrected chi connectivity index (χ3v) is 4.04. The lowest BCUT2D eigenvalue weighted by atomic mass is 10.2. The van der Waals surface area contributed by atoms with Gasteiger partial charge in [-0.15, -0.1) is 0 Å². The van der Waals surface area contributed by atoms with Crippen LogP contribution in [0, 0.1) is 13.8 Å². The van der Waals surface area contributed by atoms with Gasteiger partial charge < -0.3 is 0 Å². The van der Waals surface area contributed by atoms with Crippen LogP contribution in [-0.4, -0.2) is 13.4 Å². The zero-order chi connectivity index (χ0) is 14.0. The van der Waals surface area contributed by atoms with E-state index in [0.29, 0.717) is 5.02 Å². The highest BCUT2D eigenvalue weighted by atomic mass is 35.5. The molecule has 0 fully saturated rings. The Hall–Kier alpha value is -1.59. The Labute approximate surface area is 117 Å². The number of aryl methyl sites for hydroxylation is 2. The molecule has 2 rings (SSSR count). The Bertz CT molecular complexity index is 694. The number of nitrogens with zero attached hydrogens (tertiary/aromatic N) is 1. The van der Waals surface area contributed by atoms with Crippen LogP contribution in [0.3, 0.4) is 0 Å². The molecule has 0 aliphatic heterocycles. The van der Waals surface area contributed by atoms with Gasteiger partial charge in [-0.1, -0.05) is 17.7 Å². The van der Waals surface area contributed by atoms with E-state index in [2.05, 4.69) is 9.71 Å². The Kier molecular flexibility index (Phi) is 3.78. The number of rotatable bonds is 3. The highest BCUT2D eigenvalue weighted by molar-refractivity contribution is 7.92. The number of anilines is 1. The number of hydrogen-bond acceptors (Lipinski definition) is 3. The Balaban J connectivity index is 2.37. The first-order valence-corrected chi connectivity index (χ1v) is 7.45. The fourth-order valence-electron chi connectivity index (χ4n) is 1.75. The molecule has 6 heteroatoms. The van der Waals surface area contributed by atoms with E-state index in [4.69, 9.17) is 11.6 Å². The molecule has 0 unspecified atom stereocenters. The molecule has 0 bridgehead atoms. The summed E-state index contributed by atoms with van der Waals surface area (Å²) in [5.41, 5.74) is 1.78. The highest BCUT2D eigenvalue weighted by Gasteiger charge is 2.15. The van der Waals surface area contributed by atoms with E-state index in [1.165, 1.54) is 12.3 Å². The van der Waals surface area contributed by atoms with E-state index >= 15 is 0 Å². The Morgan fingerprint density at radius 2 is 1.74 bits per heavy atom. The molecule has 19 heavy (non-hydrogen) atoms. The van der Waals surface area contributed by atoms with Crippen molar-refractivity contribution in [3.05, 3.63) is 52.7 Å². The minimum absolute atomic E-state index is 0.201. The van der Waals surface area contributed by atoms with Gasteiger partial charge >= 0.3 is 0 Å². The second-order valence-electron chi connectivity index (χ2n) is 4.29. The summed E-state index contributed by atoms with van der Waals surface area (Å²) in [5.74, 6) is 0.201. The van der Waals surface area contributed by atoms with Crippen molar-refractivity contribution in [3.63, 3.8) is 0 Å². The Morgan fingerprint density at radius 3 is 2.32 bits per heavy atom. The van der Waals surface area contributed by atoms with Crippen LogP contribution >= 0.6 is 11.6 Å².